The normalized spacial score (nSPS) is 9.11. The molecule has 0 aliphatic carbocycles. The van der Waals surface area contributed by atoms with E-state index in [0.717, 1.165) is 6.42 Å². The molecule has 0 heterocycles. The second-order valence-electron chi connectivity index (χ2n) is 1.47. The van der Waals surface area contributed by atoms with Crippen LogP contribution in [0.4, 0.5) is 0 Å². The van der Waals surface area contributed by atoms with Crippen molar-refractivity contribution in [3.05, 3.63) is 0 Å². The third kappa shape index (κ3) is 6.04. The summed E-state index contributed by atoms with van der Waals surface area (Å²) in [6, 6.07) is 0. The molecule has 0 fully saturated rings. The highest BCUT2D eigenvalue weighted by molar-refractivity contribution is 14.1. The lowest BCUT2D eigenvalue weighted by molar-refractivity contribution is -0.145. The number of hydrogen-bond acceptors (Lipinski definition) is 3. The predicted octanol–water partition coefficient (Wildman–Crippen LogP) is 1.31. The smallest absolute Gasteiger partial charge is 0.333 e. The number of ether oxygens (including phenoxy) is 1. The highest BCUT2D eigenvalue weighted by atomic mass is 127. The predicted molar refractivity (Wildman–Crippen MR) is 41.2 cm³/mol. The molecule has 0 amide bonds. The van der Waals surface area contributed by atoms with Crippen LogP contribution in [-0.2, 0) is 12.6 Å². The van der Waals surface area contributed by atoms with E-state index in [1.165, 1.54) is 0 Å². The molecule has 0 aromatic rings. The maximum atomic E-state index is 10.4. The standard InChI is InChI=1S/C5H9IO3/c1-2-3-8-5(7)4-9-6/h2-4H2,1H3. The lowest BCUT2D eigenvalue weighted by Gasteiger charge is -1.98. The van der Waals surface area contributed by atoms with E-state index in [0.29, 0.717) is 6.61 Å². The van der Waals surface area contributed by atoms with Crippen LogP contribution in [0.25, 0.3) is 0 Å². The van der Waals surface area contributed by atoms with Crippen LogP contribution < -0.4 is 0 Å². The van der Waals surface area contributed by atoms with Crippen molar-refractivity contribution in [1.82, 2.24) is 0 Å². The van der Waals surface area contributed by atoms with Crippen molar-refractivity contribution in [1.29, 1.82) is 0 Å². The van der Waals surface area contributed by atoms with Crippen molar-refractivity contribution in [2.75, 3.05) is 13.2 Å². The minimum Gasteiger partial charge on any atom is -0.464 e. The van der Waals surface area contributed by atoms with Gasteiger partial charge in [0.2, 0.25) is 0 Å². The van der Waals surface area contributed by atoms with Crippen molar-refractivity contribution in [3.8, 4) is 0 Å². The minimum atomic E-state index is -0.300. The van der Waals surface area contributed by atoms with Gasteiger partial charge in [-0.3, -0.25) is 0 Å². The Morgan fingerprint density at radius 2 is 2.33 bits per heavy atom. The number of rotatable bonds is 4. The van der Waals surface area contributed by atoms with Crippen molar-refractivity contribution >= 4 is 29.0 Å². The molecular weight excluding hydrogens is 235 g/mol. The summed E-state index contributed by atoms with van der Waals surface area (Å²) < 4.78 is 9.16. The average molecular weight is 244 g/mol. The van der Waals surface area contributed by atoms with Crippen LogP contribution in [0.5, 0.6) is 0 Å². The Labute approximate surface area is 68.4 Å². The number of carbonyl (C=O) groups is 1. The van der Waals surface area contributed by atoms with Gasteiger partial charge < -0.3 is 7.80 Å². The van der Waals surface area contributed by atoms with Gasteiger partial charge in [-0.2, -0.15) is 0 Å². The van der Waals surface area contributed by atoms with Crippen LogP contribution in [-0.4, -0.2) is 19.2 Å². The SMILES string of the molecule is CCCOC(=O)COI. The van der Waals surface area contributed by atoms with Gasteiger partial charge in [0, 0.05) is 0 Å². The summed E-state index contributed by atoms with van der Waals surface area (Å²) in [5.41, 5.74) is 0. The molecule has 0 aliphatic heterocycles. The molecule has 0 radical (unpaired) electrons. The molecule has 0 N–H and O–H groups in total. The molecule has 0 unspecified atom stereocenters. The third-order valence-electron chi connectivity index (χ3n) is 0.640. The summed E-state index contributed by atoms with van der Waals surface area (Å²) >= 11 is 1.65. The molecular formula is C5H9IO3. The maximum absolute atomic E-state index is 10.4. The second kappa shape index (κ2) is 6.28. The van der Waals surface area contributed by atoms with Crippen LogP contribution in [0.15, 0.2) is 0 Å². The Balaban J connectivity index is 3.06. The molecule has 0 atom stereocenters. The van der Waals surface area contributed by atoms with Gasteiger partial charge in [0.1, 0.15) is 23.0 Å². The Morgan fingerprint density at radius 1 is 1.67 bits per heavy atom. The summed E-state index contributed by atoms with van der Waals surface area (Å²) in [6.45, 7) is 2.47. The van der Waals surface area contributed by atoms with Crippen LogP contribution in [0.3, 0.4) is 0 Å². The quantitative estimate of drug-likeness (QED) is 0.552. The Bertz CT molecular complexity index is 84.3. The van der Waals surface area contributed by atoms with Gasteiger partial charge in [-0.1, -0.05) is 6.92 Å². The van der Waals surface area contributed by atoms with Crippen molar-refractivity contribution in [2.45, 2.75) is 13.3 Å². The average Bonchev–Trinajstić information content (AvgIpc) is 1.85. The number of halogens is 1. The van der Waals surface area contributed by atoms with Crippen molar-refractivity contribution in [2.24, 2.45) is 0 Å². The van der Waals surface area contributed by atoms with Crippen molar-refractivity contribution < 1.29 is 12.6 Å². The largest absolute Gasteiger partial charge is 0.464 e. The van der Waals surface area contributed by atoms with Crippen LogP contribution >= 0.6 is 23.0 Å². The number of hydrogen-bond donors (Lipinski definition) is 0. The first-order valence-electron chi connectivity index (χ1n) is 2.70. The fourth-order valence-electron chi connectivity index (χ4n) is 0.302. The molecule has 3 nitrogen and oxygen atoms in total. The van der Waals surface area contributed by atoms with E-state index >= 15 is 0 Å². The Hall–Kier alpha value is 0.160. The number of carbonyl (C=O) groups excluding carboxylic acids is 1. The summed E-state index contributed by atoms with van der Waals surface area (Å²) in [4.78, 5) is 10.4. The van der Waals surface area contributed by atoms with E-state index in [4.69, 9.17) is 0 Å². The van der Waals surface area contributed by atoms with Crippen LogP contribution in [0.2, 0.25) is 0 Å². The van der Waals surface area contributed by atoms with Gasteiger partial charge in [0.05, 0.1) is 6.61 Å². The van der Waals surface area contributed by atoms with Crippen LogP contribution in [0, 0.1) is 0 Å². The summed E-state index contributed by atoms with van der Waals surface area (Å²) in [6.07, 6.45) is 0.854. The van der Waals surface area contributed by atoms with E-state index in [-0.39, 0.29) is 12.6 Å². The molecule has 0 saturated carbocycles. The zero-order valence-corrected chi connectivity index (χ0v) is 7.38. The zero-order valence-electron chi connectivity index (χ0n) is 5.22. The molecule has 0 spiro atoms. The first kappa shape index (κ1) is 9.16. The fraction of sp³-hybridized carbons (Fsp3) is 0.800. The van der Waals surface area contributed by atoms with Gasteiger partial charge in [-0.05, 0) is 6.42 Å². The molecule has 9 heavy (non-hydrogen) atoms. The molecule has 0 bridgehead atoms. The Kier molecular flexibility index (Phi) is 6.39. The molecule has 54 valence electrons. The maximum Gasteiger partial charge on any atom is 0.333 e. The second-order valence-corrected chi connectivity index (χ2v) is 2.10. The lowest BCUT2D eigenvalue weighted by Crippen LogP contribution is -2.09. The highest BCUT2D eigenvalue weighted by Gasteiger charge is 1.98. The molecule has 0 aromatic carbocycles. The van der Waals surface area contributed by atoms with Crippen LogP contribution in [0.1, 0.15) is 13.3 Å². The van der Waals surface area contributed by atoms with E-state index in [9.17, 15) is 4.79 Å². The molecule has 0 aromatic heterocycles. The fourth-order valence-corrected chi connectivity index (χ4v) is 0.556. The van der Waals surface area contributed by atoms with Gasteiger partial charge in [0.25, 0.3) is 0 Å². The van der Waals surface area contributed by atoms with E-state index < -0.39 is 0 Å². The summed E-state index contributed by atoms with van der Waals surface area (Å²) in [5, 5.41) is 0. The highest BCUT2D eigenvalue weighted by Crippen LogP contribution is 1.88. The first-order valence-corrected chi connectivity index (χ1v) is 3.58. The summed E-state index contributed by atoms with van der Waals surface area (Å²) in [7, 11) is 0. The monoisotopic (exact) mass is 244 g/mol. The molecule has 4 heteroatoms. The van der Waals surface area contributed by atoms with Gasteiger partial charge in [-0.25, -0.2) is 4.79 Å². The number of esters is 1. The summed E-state index contributed by atoms with van der Waals surface area (Å²) in [5.74, 6) is -0.300. The van der Waals surface area contributed by atoms with E-state index in [1.54, 1.807) is 23.0 Å². The lowest BCUT2D eigenvalue weighted by atomic mass is 10.5. The zero-order chi connectivity index (χ0) is 7.11. The molecule has 0 saturated heterocycles. The molecule has 0 aliphatic rings. The molecule has 0 rings (SSSR count). The van der Waals surface area contributed by atoms with Gasteiger partial charge in [0.15, 0.2) is 6.61 Å². The van der Waals surface area contributed by atoms with Crippen molar-refractivity contribution in [3.63, 3.8) is 0 Å². The van der Waals surface area contributed by atoms with Gasteiger partial charge in [-0.15, -0.1) is 0 Å². The van der Waals surface area contributed by atoms with Gasteiger partial charge >= 0.3 is 5.97 Å². The minimum absolute atomic E-state index is 0.0422. The third-order valence-corrected chi connectivity index (χ3v) is 0.951. The first-order chi connectivity index (χ1) is 4.31. The Morgan fingerprint density at radius 3 is 2.78 bits per heavy atom. The topological polar surface area (TPSA) is 35.5 Å². The van der Waals surface area contributed by atoms with E-state index in [1.807, 2.05) is 6.92 Å². The van der Waals surface area contributed by atoms with E-state index in [2.05, 4.69) is 7.80 Å².